The average molecular weight is 298 g/mol. The van der Waals surface area contributed by atoms with E-state index in [-0.39, 0.29) is 5.97 Å². The van der Waals surface area contributed by atoms with Crippen molar-refractivity contribution in [1.82, 2.24) is 0 Å². The second-order valence-electron chi connectivity index (χ2n) is 3.70. The van der Waals surface area contributed by atoms with Gasteiger partial charge in [0.2, 0.25) is 0 Å². The molecule has 0 saturated carbocycles. The van der Waals surface area contributed by atoms with Crippen molar-refractivity contribution in [2.24, 2.45) is 0 Å². The van der Waals surface area contributed by atoms with Gasteiger partial charge in [0.1, 0.15) is 0 Å². The molecule has 0 aliphatic carbocycles. The van der Waals surface area contributed by atoms with E-state index in [9.17, 15) is 4.79 Å². The van der Waals surface area contributed by atoms with Crippen LogP contribution in [0.3, 0.4) is 0 Å². The molecule has 0 heterocycles. The Morgan fingerprint density at radius 3 is 2.88 bits per heavy atom. The maximum atomic E-state index is 11.1. The van der Waals surface area contributed by atoms with Gasteiger partial charge in [0.15, 0.2) is 0 Å². The lowest BCUT2D eigenvalue weighted by Crippen LogP contribution is -2.05. The van der Waals surface area contributed by atoms with E-state index < -0.39 is 0 Å². The summed E-state index contributed by atoms with van der Waals surface area (Å²) in [5.74, 6) is -0.296. The zero-order valence-corrected chi connectivity index (χ0v) is 11.8. The molecule has 17 heavy (non-hydrogen) atoms. The van der Waals surface area contributed by atoms with Crippen LogP contribution in [-0.2, 0) is 9.53 Å². The van der Waals surface area contributed by atoms with Crippen LogP contribution in [0.15, 0.2) is 34.3 Å². The minimum absolute atomic E-state index is 0.296. The summed E-state index contributed by atoms with van der Waals surface area (Å²) in [4.78, 5) is 11.1. The number of halogens is 1. The van der Waals surface area contributed by atoms with Gasteiger partial charge in [-0.1, -0.05) is 18.2 Å². The lowest BCUT2D eigenvalue weighted by molar-refractivity contribution is -0.136. The molecular weight excluding hydrogens is 282 g/mol. The number of esters is 1. The summed E-state index contributed by atoms with van der Waals surface area (Å²) in [5, 5.41) is 3.23. The quantitative estimate of drug-likeness (QED) is 0.685. The molecule has 0 amide bonds. The van der Waals surface area contributed by atoms with Crippen LogP contribution in [0.2, 0.25) is 0 Å². The predicted molar refractivity (Wildman–Crippen MR) is 73.1 cm³/mol. The zero-order chi connectivity index (χ0) is 12.8. The number of rotatable bonds is 4. The highest BCUT2D eigenvalue weighted by atomic mass is 79.9. The Morgan fingerprint density at radius 1 is 1.53 bits per heavy atom. The SMILES string of the molecule is COC(=O)/C(C)=C/CNc1cccc(C)c1Br. The smallest absolute Gasteiger partial charge is 0.333 e. The Kier molecular flexibility index (Phi) is 5.22. The molecule has 0 radical (unpaired) electrons. The van der Waals surface area contributed by atoms with Crippen molar-refractivity contribution < 1.29 is 9.53 Å². The Labute approximate surface area is 110 Å². The highest BCUT2D eigenvalue weighted by Gasteiger charge is 2.03. The summed E-state index contributed by atoms with van der Waals surface area (Å²) in [6.07, 6.45) is 1.81. The molecule has 1 N–H and O–H groups in total. The first-order chi connectivity index (χ1) is 8.06. The summed E-state index contributed by atoms with van der Waals surface area (Å²) in [6.45, 7) is 4.35. The highest BCUT2D eigenvalue weighted by Crippen LogP contribution is 2.25. The fraction of sp³-hybridized carbons (Fsp3) is 0.308. The number of carbonyl (C=O) groups excluding carboxylic acids is 1. The monoisotopic (exact) mass is 297 g/mol. The second kappa shape index (κ2) is 6.45. The van der Waals surface area contributed by atoms with Crippen LogP contribution in [0.25, 0.3) is 0 Å². The third-order valence-electron chi connectivity index (χ3n) is 2.40. The van der Waals surface area contributed by atoms with E-state index in [4.69, 9.17) is 0 Å². The normalized spacial score (nSPS) is 11.2. The highest BCUT2D eigenvalue weighted by molar-refractivity contribution is 9.10. The standard InChI is InChI=1S/C13H16BrNO2/c1-9-5-4-6-11(12(9)14)15-8-7-10(2)13(16)17-3/h4-7,15H,8H2,1-3H3/b10-7+. The molecule has 4 heteroatoms. The van der Waals surface area contributed by atoms with Gasteiger partial charge >= 0.3 is 5.97 Å². The summed E-state index contributed by atoms with van der Waals surface area (Å²) >= 11 is 3.52. The molecule has 1 aromatic rings. The number of ether oxygens (including phenoxy) is 1. The molecule has 1 aromatic carbocycles. The van der Waals surface area contributed by atoms with E-state index in [2.05, 4.69) is 26.0 Å². The van der Waals surface area contributed by atoms with Crippen LogP contribution in [0.5, 0.6) is 0 Å². The minimum Gasteiger partial charge on any atom is -0.466 e. The van der Waals surface area contributed by atoms with Crippen LogP contribution in [-0.4, -0.2) is 19.6 Å². The molecule has 1 rings (SSSR count). The molecule has 0 unspecified atom stereocenters. The Bertz CT molecular complexity index is 441. The van der Waals surface area contributed by atoms with Gasteiger partial charge in [-0.05, 0) is 41.4 Å². The molecule has 0 atom stereocenters. The molecule has 0 fully saturated rings. The fourth-order valence-electron chi connectivity index (χ4n) is 1.34. The second-order valence-corrected chi connectivity index (χ2v) is 4.49. The molecule has 0 aliphatic rings. The first kappa shape index (κ1) is 13.8. The number of aryl methyl sites for hydroxylation is 1. The van der Waals surface area contributed by atoms with E-state index in [0.717, 1.165) is 10.2 Å². The molecule has 3 nitrogen and oxygen atoms in total. The Hall–Kier alpha value is -1.29. The van der Waals surface area contributed by atoms with Crippen LogP contribution in [0.4, 0.5) is 5.69 Å². The van der Waals surface area contributed by atoms with E-state index in [1.54, 1.807) is 13.0 Å². The summed E-state index contributed by atoms with van der Waals surface area (Å²) in [6, 6.07) is 6.00. The first-order valence-corrected chi connectivity index (χ1v) is 6.09. The van der Waals surface area contributed by atoms with Crippen molar-refractivity contribution in [1.29, 1.82) is 0 Å². The van der Waals surface area contributed by atoms with Crippen LogP contribution < -0.4 is 5.32 Å². The number of nitrogens with one attached hydrogen (secondary N) is 1. The van der Waals surface area contributed by atoms with Crippen molar-refractivity contribution in [3.8, 4) is 0 Å². The van der Waals surface area contributed by atoms with Gasteiger partial charge in [-0.25, -0.2) is 4.79 Å². The number of benzene rings is 1. The Balaban J connectivity index is 2.63. The van der Waals surface area contributed by atoms with Gasteiger partial charge in [-0.15, -0.1) is 0 Å². The topological polar surface area (TPSA) is 38.3 Å². The van der Waals surface area contributed by atoms with E-state index in [1.807, 2.05) is 25.1 Å². The van der Waals surface area contributed by atoms with E-state index >= 15 is 0 Å². The maximum absolute atomic E-state index is 11.1. The van der Waals surface area contributed by atoms with Crippen molar-refractivity contribution in [2.75, 3.05) is 19.0 Å². The minimum atomic E-state index is -0.296. The largest absolute Gasteiger partial charge is 0.466 e. The predicted octanol–water partition coefficient (Wildman–Crippen LogP) is 3.29. The maximum Gasteiger partial charge on any atom is 0.333 e. The van der Waals surface area contributed by atoms with E-state index in [1.165, 1.54) is 12.7 Å². The lowest BCUT2D eigenvalue weighted by atomic mass is 10.2. The van der Waals surface area contributed by atoms with E-state index in [0.29, 0.717) is 12.1 Å². The lowest BCUT2D eigenvalue weighted by Gasteiger charge is -2.08. The summed E-state index contributed by atoms with van der Waals surface area (Å²) in [7, 11) is 1.38. The molecular formula is C13H16BrNO2. The summed E-state index contributed by atoms with van der Waals surface area (Å²) < 4.78 is 5.66. The molecule has 0 aromatic heterocycles. The number of methoxy groups -OCH3 is 1. The van der Waals surface area contributed by atoms with Gasteiger partial charge in [0.25, 0.3) is 0 Å². The number of hydrogen-bond donors (Lipinski definition) is 1. The van der Waals surface area contributed by atoms with Crippen molar-refractivity contribution >= 4 is 27.6 Å². The van der Waals surface area contributed by atoms with Crippen LogP contribution in [0, 0.1) is 6.92 Å². The molecule has 0 saturated heterocycles. The number of carbonyl (C=O) groups is 1. The van der Waals surface area contributed by atoms with Gasteiger partial charge in [-0.3, -0.25) is 0 Å². The van der Waals surface area contributed by atoms with Crippen molar-refractivity contribution in [3.63, 3.8) is 0 Å². The molecule has 0 bridgehead atoms. The van der Waals surface area contributed by atoms with Gasteiger partial charge in [0, 0.05) is 22.3 Å². The average Bonchev–Trinajstić information content (AvgIpc) is 2.33. The van der Waals surface area contributed by atoms with Crippen LogP contribution in [0.1, 0.15) is 12.5 Å². The van der Waals surface area contributed by atoms with Gasteiger partial charge in [0.05, 0.1) is 7.11 Å². The Morgan fingerprint density at radius 2 is 2.24 bits per heavy atom. The van der Waals surface area contributed by atoms with Crippen molar-refractivity contribution in [2.45, 2.75) is 13.8 Å². The third-order valence-corrected chi connectivity index (χ3v) is 3.45. The number of hydrogen-bond acceptors (Lipinski definition) is 3. The summed E-state index contributed by atoms with van der Waals surface area (Å²) in [5.41, 5.74) is 2.78. The fourth-order valence-corrected chi connectivity index (χ4v) is 1.75. The van der Waals surface area contributed by atoms with Gasteiger partial charge in [-0.2, -0.15) is 0 Å². The number of anilines is 1. The van der Waals surface area contributed by atoms with Crippen LogP contribution >= 0.6 is 15.9 Å². The molecule has 92 valence electrons. The first-order valence-electron chi connectivity index (χ1n) is 5.30. The zero-order valence-electron chi connectivity index (χ0n) is 10.2. The third kappa shape index (κ3) is 3.89. The van der Waals surface area contributed by atoms with Gasteiger partial charge < -0.3 is 10.1 Å². The van der Waals surface area contributed by atoms with Crippen molar-refractivity contribution in [3.05, 3.63) is 39.9 Å². The molecule has 0 spiro atoms. The molecule has 0 aliphatic heterocycles.